The number of sulfone groups is 1. The van der Waals surface area contributed by atoms with Gasteiger partial charge in [-0.05, 0) is 41.0 Å². The van der Waals surface area contributed by atoms with Crippen molar-refractivity contribution in [2.24, 2.45) is 0 Å². The minimum absolute atomic E-state index is 0.122. The Morgan fingerprint density at radius 2 is 1.35 bits per heavy atom. The molecule has 0 bridgehead atoms. The van der Waals surface area contributed by atoms with Gasteiger partial charge in [0.05, 0.1) is 4.90 Å². The molecule has 3 aromatic rings. The Kier molecular flexibility index (Phi) is 3.92. The van der Waals surface area contributed by atoms with E-state index in [1.165, 1.54) is 6.26 Å². The van der Waals surface area contributed by atoms with E-state index < -0.39 is 9.84 Å². The molecule has 0 atom stereocenters. The summed E-state index contributed by atoms with van der Waals surface area (Å²) in [5.74, 6) is 0.122. The molecule has 0 amide bonds. The van der Waals surface area contributed by atoms with Gasteiger partial charge in [-0.25, -0.2) is 8.42 Å². The SMILES string of the molecule is CS(=O)(=O)c1cc(-c2ccccc2)cc(-c2ccccc2O)c1. The molecule has 3 nitrogen and oxygen atoms in total. The molecule has 23 heavy (non-hydrogen) atoms. The highest BCUT2D eigenvalue weighted by Gasteiger charge is 2.13. The zero-order chi connectivity index (χ0) is 16.4. The summed E-state index contributed by atoms with van der Waals surface area (Å²) in [6.07, 6.45) is 1.19. The first-order valence-electron chi connectivity index (χ1n) is 7.14. The summed E-state index contributed by atoms with van der Waals surface area (Å²) in [4.78, 5) is 0.233. The summed E-state index contributed by atoms with van der Waals surface area (Å²) in [7, 11) is -3.36. The van der Waals surface area contributed by atoms with Crippen LogP contribution in [0, 0.1) is 0 Å². The standard InChI is InChI=1S/C19H16O3S/c1-23(21,22)17-12-15(14-7-3-2-4-8-14)11-16(13-17)18-9-5-6-10-19(18)20/h2-13,20H,1H3. The third-order valence-corrected chi connectivity index (χ3v) is 4.75. The highest BCUT2D eigenvalue weighted by Crippen LogP contribution is 2.34. The zero-order valence-corrected chi connectivity index (χ0v) is 13.4. The molecule has 0 unspecified atom stereocenters. The van der Waals surface area contributed by atoms with Crippen molar-refractivity contribution in [1.82, 2.24) is 0 Å². The fourth-order valence-corrected chi connectivity index (χ4v) is 3.17. The first-order valence-corrected chi connectivity index (χ1v) is 9.03. The van der Waals surface area contributed by atoms with Crippen LogP contribution in [-0.2, 0) is 9.84 Å². The first kappa shape index (κ1) is 15.3. The smallest absolute Gasteiger partial charge is 0.175 e. The maximum atomic E-state index is 12.0. The Morgan fingerprint density at radius 3 is 2.00 bits per heavy atom. The lowest BCUT2D eigenvalue weighted by Gasteiger charge is -2.11. The Balaban J connectivity index is 2.27. The van der Waals surface area contributed by atoms with Gasteiger partial charge in [0.15, 0.2) is 9.84 Å². The number of aromatic hydroxyl groups is 1. The molecule has 0 saturated heterocycles. The van der Waals surface area contributed by atoms with E-state index in [4.69, 9.17) is 0 Å². The van der Waals surface area contributed by atoms with E-state index in [9.17, 15) is 13.5 Å². The van der Waals surface area contributed by atoms with Crippen molar-refractivity contribution in [3.8, 4) is 28.0 Å². The van der Waals surface area contributed by atoms with E-state index >= 15 is 0 Å². The number of phenolic OH excluding ortho intramolecular Hbond substituents is 1. The van der Waals surface area contributed by atoms with Crippen LogP contribution in [0.3, 0.4) is 0 Å². The molecule has 0 radical (unpaired) electrons. The van der Waals surface area contributed by atoms with Crippen molar-refractivity contribution in [3.05, 3.63) is 72.8 Å². The predicted octanol–water partition coefficient (Wildman–Crippen LogP) is 4.13. The molecule has 0 fully saturated rings. The summed E-state index contributed by atoms with van der Waals surface area (Å²) in [5, 5.41) is 10.1. The van der Waals surface area contributed by atoms with Crippen molar-refractivity contribution >= 4 is 9.84 Å². The molecular formula is C19H16O3S. The van der Waals surface area contributed by atoms with Crippen LogP contribution >= 0.6 is 0 Å². The van der Waals surface area contributed by atoms with Gasteiger partial charge in [0.2, 0.25) is 0 Å². The number of hydrogen-bond donors (Lipinski definition) is 1. The first-order chi connectivity index (χ1) is 10.9. The van der Waals surface area contributed by atoms with E-state index in [2.05, 4.69) is 0 Å². The molecule has 4 heteroatoms. The van der Waals surface area contributed by atoms with E-state index in [-0.39, 0.29) is 10.6 Å². The molecular weight excluding hydrogens is 308 g/mol. The second-order valence-corrected chi connectivity index (χ2v) is 7.42. The third-order valence-electron chi connectivity index (χ3n) is 3.66. The van der Waals surface area contributed by atoms with Crippen LogP contribution in [0.25, 0.3) is 22.3 Å². The number of phenols is 1. The lowest BCUT2D eigenvalue weighted by atomic mass is 9.98. The molecule has 3 aromatic carbocycles. The molecule has 1 N–H and O–H groups in total. The topological polar surface area (TPSA) is 54.4 Å². The third kappa shape index (κ3) is 3.27. The lowest BCUT2D eigenvalue weighted by molar-refractivity contribution is 0.477. The Labute approximate surface area is 135 Å². The number of benzene rings is 3. The molecule has 0 aliphatic rings. The van der Waals surface area contributed by atoms with E-state index in [1.54, 1.807) is 30.3 Å². The lowest BCUT2D eigenvalue weighted by Crippen LogP contribution is -1.98. The second-order valence-electron chi connectivity index (χ2n) is 5.40. The van der Waals surface area contributed by atoms with Gasteiger partial charge >= 0.3 is 0 Å². The van der Waals surface area contributed by atoms with Crippen LogP contribution < -0.4 is 0 Å². The summed E-state index contributed by atoms with van der Waals surface area (Å²) < 4.78 is 24.0. The number of hydrogen-bond acceptors (Lipinski definition) is 3. The largest absolute Gasteiger partial charge is 0.507 e. The molecule has 3 rings (SSSR count). The van der Waals surface area contributed by atoms with Crippen LogP contribution in [0.2, 0.25) is 0 Å². The van der Waals surface area contributed by atoms with Crippen LogP contribution in [0.5, 0.6) is 5.75 Å². The van der Waals surface area contributed by atoms with Gasteiger partial charge in [-0.3, -0.25) is 0 Å². The molecule has 0 saturated carbocycles. The van der Waals surface area contributed by atoms with E-state index in [1.807, 2.05) is 42.5 Å². The summed E-state index contributed by atoms with van der Waals surface area (Å²) in [5.41, 5.74) is 3.00. The second kappa shape index (κ2) is 5.89. The number of para-hydroxylation sites is 1. The monoisotopic (exact) mass is 324 g/mol. The molecule has 116 valence electrons. The quantitative estimate of drug-likeness (QED) is 0.788. The highest BCUT2D eigenvalue weighted by atomic mass is 32.2. The minimum atomic E-state index is -3.36. The molecule has 0 aromatic heterocycles. The van der Waals surface area contributed by atoms with Gasteiger partial charge in [0.25, 0.3) is 0 Å². The maximum absolute atomic E-state index is 12.0. The summed E-state index contributed by atoms with van der Waals surface area (Å²) in [6, 6.07) is 21.6. The van der Waals surface area contributed by atoms with Crippen LogP contribution in [0.1, 0.15) is 0 Å². The van der Waals surface area contributed by atoms with Gasteiger partial charge in [-0.15, -0.1) is 0 Å². The van der Waals surface area contributed by atoms with E-state index in [0.29, 0.717) is 11.1 Å². The van der Waals surface area contributed by atoms with Gasteiger partial charge in [-0.2, -0.15) is 0 Å². The van der Waals surface area contributed by atoms with Crippen molar-refractivity contribution in [3.63, 3.8) is 0 Å². The van der Waals surface area contributed by atoms with Crippen LogP contribution in [-0.4, -0.2) is 19.8 Å². The normalized spacial score (nSPS) is 11.3. The zero-order valence-electron chi connectivity index (χ0n) is 12.6. The van der Waals surface area contributed by atoms with Crippen LogP contribution in [0.4, 0.5) is 0 Å². The molecule has 0 heterocycles. The van der Waals surface area contributed by atoms with Crippen molar-refractivity contribution in [2.45, 2.75) is 4.90 Å². The van der Waals surface area contributed by atoms with Gasteiger partial charge < -0.3 is 5.11 Å². The van der Waals surface area contributed by atoms with Crippen molar-refractivity contribution < 1.29 is 13.5 Å². The Hall–Kier alpha value is -2.59. The van der Waals surface area contributed by atoms with Gasteiger partial charge in [-0.1, -0.05) is 48.5 Å². The van der Waals surface area contributed by atoms with Crippen molar-refractivity contribution in [2.75, 3.05) is 6.26 Å². The van der Waals surface area contributed by atoms with Crippen molar-refractivity contribution in [1.29, 1.82) is 0 Å². The van der Waals surface area contributed by atoms with Gasteiger partial charge in [0, 0.05) is 11.8 Å². The minimum Gasteiger partial charge on any atom is -0.507 e. The predicted molar refractivity (Wildman–Crippen MR) is 92.1 cm³/mol. The maximum Gasteiger partial charge on any atom is 0.175 e. The van der Waals surface area contributed by atoms with Crippen LogP contribution in [0.15, 0.2) is 77.7 Å². The molecule has 0 aliphatic carbocycles. The molecule has 0 aliphatic heterocycles. The Bertz CT molecular complexity index is 945. The number of rotatable bonds is 3. The Morgan fingerprint density at radius 1 is 0.739 bits per heavy atom. The fraction of sp³-hybridized carbons (Fsp3) is 0.0526. The molecule has 0 spiro atoms. The summed E-state index contributed by atoms with van der Waals surface area (Å²) >= 11 is 0. The average Bonchev–Trinajstić information content (AvgIpc) is 2.55. The average molecular weight is 324 g/mol. The van der Waals surface area contributed by atoms with Gasteiger partial charge in [0.1, 0.15) is 5.75 Å². The summed E-state index contributed by atoms with van der Waals surface area (Å²) in [6.45, 7) is 0. The van der Waals surface area contributed by atoms with E-state index in [0.717, 1.165) is 11.1 Å². The highest BCUT2D eigenvalue weighted by molar-refractivity contribution is 7.90. The fourth-order valence-electron chi connectivity index (χ4n) is 2.48.